The molecule has 1 amide bonds. The molecule has 22 heavy (non-hydrogen) atoms. The van der Waals surface area contributed by atoms with Gasteiger partial charge in [-0.05, 0) is 29.8 Å². The predicted octanol–water partition coefficient (Wildman–Crippen LogP) is 1.56. The van der Waals surface area contributed by atoms with E-state index >= 15 is 0 Å². The number of amides is 1. The number of aromatic hydroxyl groups is 1. The fourth-order valence-electron chi connectivity index (χ4n) is 2.21. The standard InChI is InChI=1S/C16H13N3O3/c20-14-11-3-1-2-4-12(11)19-16(22)13(14)15(21)18-9-10-5-7-17-8-6-10/h1-8H,9H2,(H,18,21)(H2,19,20,22). The Morgan fingerprint density at radius 1 is 1.18 bits per heavy atom. The maximum Gasteiger partial charge on any atom is 0.265 e. The van der Waals surface area contributed by atoms with Crippen molar-refractivity contribution in [1.29, 1.82) is 0 Å². The monoisotopic (exact) mass is 295 g/mol. The molecule has 0 spiro atoms. The van der Waals surface area contributed by atoms with E-state index in [1.54, 1.807) is 48.8 Å². The van der Waals surface area contributed by atoms with Gasteiger partial charge in [0.05, 0.1) is 5.52 Å². The van der Waals surface area contributed by atoms with Crippen molar-refractivity contribution in [1.82, 2.24) is 15.3 Å². The van der Waals surface area contributed by atoms with E-state index in [1.165, 1.54) is 0 Å². The van der Waals surface area contributed by atoms with E-state index in [0.29, 0.717) is 10.9 Å². The van der Waals surface area contributed by atoms with Gasteiger partial charge < -0.3 is 15.4 Å². The van der Waals surface area contributed by atoms with Crippen molar-refractivity contribution in [3.05, 3.63) is 70.3 Å². The van der Waals surface area contributed by atoms with Gasteiger partial charge in [-0.2, -0.15) is 0 Å². The summed E-state index contributed by atoms with van der Waals surface area (Å²) in [5.74, 6) is -0.937. The summed E-state index contributed by atoms with van der Waals surface area (Å²) in [6, 6.07) is 10.3. The lowest BCUT2D eigenvalue weighted by molar-refractivity contribution is 0.0947. The number of fused-ring (bicyclic) bond motifs is 1. The number of hydrogen-bond acceptors (Lipinski definition) is 4. The van der Waals surface area contributed by atoms with Crippen LogP contribution >= 0.6 is 0 Å². The first-order valence-corrected chi connectivity index (χ1v) is 6.68. The first kappa shape index (κ1) is 13.8. The third-order valence-corrected chi connectivity index (χ3v) is 3.32. The van der Waals surface area contributed by atoms with E-state index in [4.69, 9.17) is 0 Å². The number of hydrogen-bond donors (Lipinski definition) is 3. The van der Waals surface area contributed by atoms with Crippen LogP contribution in [0.15, 0.2) is 53.6 Å². The predicted molar refractivity (Wildman–Crippen MR) is 81.6 cm³/mol. The second kappa shape index (κ2) is 5.69. The molecule has 0 atom stereocenters. The van der Waals surface area contributed by atoms with Crippen LogP contribution in [0.1, 0.15) is 15.9 Å². The average molecular weight is 295 g/mol. The second-order valence-electron chi connectivity index (χ2n) is 4.76. The summed E-state index contributed by atoms with van der Waals surface area (Å²) >= 11 is 0. The maximum atomic E-state index is 12.2. The molecule has 3 rings (SSSR count). The zero-order chi connectivity index (χ0) is 15.5. The number of nitrogens with zero attached hydrogens (tertiary/aromatic N) is 1. The Labute approximate surface area is 125 Å². The molecule has 1 aromatic carbocycles. The van der Waals surface area contributed by atoms with Crippen molar-refractivity contribution in [2.24, 2.45) is 0 Å². The molecule has 6 nitrogen and oxygen atoms in total. The van der Waals surface area contributed by atoms with Crippen molar-refractivity contribution in [3.63, 3.8) is 0 Å². The molecule has 0 saturated heterocycles. The van der Waals surface area contributed by atoms with E-state index in [2.05, 4.69) is 15.3 Å². The van der Waals surface area contributed by atoms with Gasteiger partial charge in [0, 0.05) is 24.3 Å². The molecule has 3 N–H and O–H groups in total. The maximum absolute atomic E-state index is 12.2. The van der Waals surface area contributed by atoms with Crippen molar-refractivity contribution >= 4 is 16.8 Å². The highest BCUT2D eigenvalue weighted by atomic mass is 16.3. The summed E-state index contributed by atoms with van der Waals surface area (Å²) in [6.45, 7) is 0.243. The van der Waals surface area contributed by atoms with Gasteiger partial charge in [-0.15, -0.1) is 0 Å². The Morgan fingerprint density at radius 3 is 2.68 bits per heavy atom. The van der Waals surface area contributed by atoms with Gasteiger partial charge in [0.1, 0.15) is 11.3 Å². The Morgan fingerprint density at radius 2 is 1.91 bits per heavy atom. The SMILES string of the molecule is O=C(NCc1ccncc1)c1c(O)c2ccccc2[nH]c1=O. The number of carbonyl (C=O) groups excluding carboxylic acids is 1. The van der Waals surface area contributed by atoms with Crippen LogP contribution in [0.5, 0.6) is 5.75 Å². The van der Waals surface area contributed by atoms with Gasteiger partial charge in [-0.3, -0.25) is 14.6 Å². The van der Waals surface area contributed by atoms with Gasteiger partial charge >= 0.3 is 0 Å². The lowest BCUT2D eigenvalue weighted by atomic mass is 10.1. The Hall–Kier alpha value is -3.15. The minimum atomic E-state index is -0.624. The third kappa shape index (κ3) is 2.54. The molecule has 0 fully saturated rings. The van der Waals surface area contributed by atoms with E-state index in [9.17, 15) is 14.7 Å². The van der Waals surface area contributed by atoms with Gasteiger partial charge in [-0.25, -0.2) is 0 Å². The molecule has 0 bridgehead atoms. The highest BCUT2D eigenvalue weighted by Gasteiger charge is 2.18. The van der Waals surface area contributed by atoms with E-state index in [0.717, 1.165) is 5.56 Å². The van der Waals surface area contributed by atoms with Gasteiger partial charge in [0.25, 0.3) is 11.5 Å². The first-order valence-electron chi connectivity index (χ1n) is 6.68. The Balaban J connectivity index is 1.92. The van der Waals surface area contributed by atoms with Gasteiger partial charge in [0.15, 0.2) is 0 Å². The fourth-order valence-corrected chi connectivity index (χ4v) is 2.21. The average Bonchev–Trinajstić information content (AvgIpc) is 2.54. The van der Waals surface area contributed by atoms with Gasteiger partial charge in [-0.1, -0.05) is 12.1 Å². The van der Waals surface area contributed by atoms with E-state index in [-0.39, 0.29) is 17.9 Å². The molecule has 0 aliphatic carbocycles. The van der Waals surface area contributed by atoms with Crippen molar-refractivity contribution in [2.75, 3.05) is 0 Å². The molecular formula is C16H13N3O3. The molecule has 3 aromatic rings. The molecule has 0 unspecified atom stereocenters. The summed E-state index contributed by atoms with van der Waals surface area (Å²) in [7, 11) is 0. The molecule has 2 heterocycles. The number of para-hydroxylation sites is 1. The van der Waals surface area contributed by atoms with E-state index < -0.39 is 11.5 Å². The van der Waals surface area contributed by atoms with Crippen LogP contribution in [-0.2, 0) is 6.54 Å². The zero-order valence-corrected chi connectivity index (χ0v) is 11.5. The molecule has 0 radical (unpaired) electrons. The molecule has 6 heteroatoms. The normalized spacial score (nSPS) is 10.5. The second-order valence-corrected chi connectivity index (χ2v) is 4.76. The summed E-state index contributed by atoms with van der Waals surface area (Å²) < 4.78 is 0. The van der Waals surface area contributed by atoms with Gasteiger partial charge in [0.2, 0.25) is 0 Å². The zero-order valence-electron chi connectivity index (χ0n) is 11.5. The Kier molecular flexibility index (Phi) is 3.57. The quantitative estimate of drug-likeness (QED) is 0.683. The van der Waals surface area contributed by atoms with Crippen molar-refractivity contribution in [2.45, 2.75) is 6.54 Å². The number of nitrogens with one attached hydrogen (secondary N) is 2. The highest BCUT2D eigenvalue weighted by Crippen LogP contribution is 2.24. The number of rotatable bonds is 3. The Bertz CT molecular complexity index is 888. The number of aromatic nitrogens is 2. The van der Waals surface area contributed by atoms with Crippen LogP contribution in [0.2, 0.25) is 0 Å². The highest BCUT2D eigenvalue weighted by molar-refractivity contribution is 6.01. The van der Waals surface area contributed by atoms with Crippen LogP contribution in [0, 0.1) is 0 Å². The molecule has 0 aliphatic rings. The first-order chi connectivity index (χ1) is 10.7. The summed E-state index contributed by atoms with van der Waals surface area (Å²) in [4.78, 5) is 30.7. The number of H-pyrrole nitrogens is 1. The molecule has 0 aliphatic heterocycles. The van der Waals surface area contributed by atoms with Crippen LogP contribution in [0.3, 0.4) is 0 Å². The number of carbonyl (C=O) groups is 1. The fraction of sp³-hybridized carbons (Fsp3) is 0.0625. The molecule has 110 valence electrons. The summed E-state index contributed by atoms with van der Waals surface area (Å²) in [6.07, 6.45) is 3.23. The summed E-state index contributed by atoms with van der Waals surface area (Å²) in [5, 5.41) is 13.2. The number of aromatic amines is 1. The van der Waals surface area contributed by atoms with Crippen LogP contribution in [0.25, 0.3) is 10.9 Å². The molecular weight excluding hydrogens is 282 g/mol. The molecule has 0 saturated carbocycles. The van der Waals surface area contributed by atoms with Crippen molar-refractivity contribution < 1.29 is 9.90 Å². The molecule has 2 aromatic heterocycles. The summed E-state index contributed by atoms with van der Waals surface area (Å²) in [5.41, 5.74) is 0.423. The van der Waals surface area contributed by atoms with Crippen molar-refractivity contribution in [3.8, 4) is 5.75 Å². The number of benzene rings is 1. The minimum absolute atomic E-state index is 0.243. The third-order valence-electron chi connectivity index (χ3n) is 3.32. The van der Waals surface area contributed by atoms with E-state index in [1.807, 2.05) is 0 Å². The van der Waals surface area contributed by atoms with Crippen LogP contribution in [0.4, 0.5) is 0 Å². The topological polar surface area (TPSA) is 95.1 Å². The number of pyridine rings is 2. The van der Waals surface area contributed by atoms with Crippen LogP contribution in [-0.4, -0.2) is 21.0 Å². The minimum Gasteiger partial charge on any atom is -0.506 e. The lowest BCUT2D eigenvalue weighted by Gasteiger charge is -2.08. The smallest absolute Gasteiger partial charge is 0.265 e. The lowest BCUT2D eigenvalue weighted by Crippen LogP contribution is -2.29. The van der Waals surface area contributed by atoms with Crippen LogP contribution < -0.4 is 10.9 Å². The largest absolute Gasteiger partial charge is 0.506 e.